The van der Waals surface area contributed by atoms with Crippen LogP contribution in [0.3, 0.4) is 0 Å². The maximum atomic E-state index is 10.1. The first-order chi connectivity index (χ1) is 7.63. The number of hydrogen-bond acceptors (Lipinski definition) is 4. The molecular formula is C12H18O4-2. The first-order valence-electron chi connectivity index (χ1n) is 5.67. The average molecular weight is 226 g/mol. The van der Waals surface area contributed by atoms with Crippen molar-refractivity contribution >= 4 is 11.9 Å². The van der Waals surface area contributed by atoms with E-state index < -0.39 is 11.9 Å². The number of hydrogen-bond donors (Lipinski definition) is 0. The van der Waals surface area contributed by atoms with Crippen molar-refractivity contribution in [3.05, 3.63) is 12.2 Å². The van der Waals surface area contributed by atoms with E-state index in [9.17, 15) is 19.8 Å². The maximum absolute atomic E-state index is 10.1. The lowest BCUT2D eigenvalue weighted by Gasteiger charge is -2.00. The summed E-state index contributed by atoms with van der Waals surface area (Å²) < 4.78 is 0. The van der Waals surface area contributed by atoms with Crippen LogP contribution in [0.4, 0.5) is 0 Å². The lowest BCUT2D eigenvalue weighted by atomic mass is 10.1. The van der Waals surface area contributed by atoms with Crippen molar-refractivity contribution in [1.29, 1.82) is 0 Å². The molecule has 0 bridgehead atoms. The van der Waals surface area contributed by atoms with Crippen LogP contribution < -0.4 is 10.2 Å². The third kappa shape index (κ3) is 12.7. The molecule has 0 saturated heterocycles. The Balaban J connectivity index is 3.16. The summed E-state index contributed by atoms with van der Waals surface area (Å²) in [6.07, 6.45) is 9.00. The molecule has 0 atom stereocenters. The molecule has 0 unspecified atom stereocenters. The van der Waals surface area contributed by atoms with Gasteiger partial charge in [0.05, 0.1) is 0 Å². The molecule has 0 N–H and O–H groups in total. The highest BCUT2D eigenvalue weighted by atomic mass is 16.4. The molecule has 0 aromatic carbocycles. The minimum atomic E-state index is -0.994. The van der Waals surface area contributed by atoms with E-state index in [1.54, 1.807) is 0 Å². The summed E-state index contributed by atoms with van der Waals surface area (Å²) in [6.45, 7) is 0. The van der Waals surface area contributed by atoms with Gasteiger partial charge in [0.15, 0.2) is 0 Å². The molecule has 0 aliphatic rings. The number of carbonyl (C=O) groups is 2. The van der Waals surface area contributed by atoms with E-state index in [0.29, 0.717) is 12.8 Å². The lowest BCUT2D eigenvalue weighted by molar-refractivity contribution is -0.307. The van der Waals surface area contributed by atoms with E-state index in [1.165, 1.54) is 0 Å². The Labute approximate surface area is 96.0 Å². The van der Waals surface area contributed by atoms with E-state index in [-0.39, 0.29) is 12.8 Å². The second kappa shape index (κ2) is 10.2. The molecule has 0 aliphatic heterocycles. The predicted octanol–water partition coefficient (Wildman–Crippen LogP) is 0.163. The van der Waals surface area contributed by atoms with Crippen molar-refractivity contribution in [2.45, 2.75) is 51.4 Å². The summed E-state index contributed by atoms with van der Waals surface area (Å²) in [5.74, 6) is -1.99. The third-order valence-electron chi connectivity index (χ3n) is 2.17. The van der Waals surface area contributed by atoms with Gasteiger partial charge in [0, 0.05) is 11.9 Å². The largest absolute Gasteiger partial charge is 0.550 e. The number of carboxylic acid groups (broad SMARTS) is 2. The van der Waals surface area contributed by atoms with Gasteiger partial charge in [0.2, 0.25) is 0 Å². The lowest BCUT2D eigenvalue weighted by Crippen LogP contribution is -2.21. The number of allylic oxidation sites excluding steroid dienone is 2. The highest BCUT2D eigenvalue weighted by molar-refractivity contribution is 5.64. The van der Waals surface area contributed by atoms with Gasteiger partial charge in [-0.05, 0) is 51.4 Å². The second-order valence-corrected chi connectivity index (χ2v) is 3.71. The quantitative estimate of drug-likeness (QED) is 0.392. The van der Waals surface area contributed by atoms with Crippen LogP contribution in [-0.4, -0.2) is 11.9 Å². The molecule has 0 spiro atoms. The molecule has 16 heavy (non-hydrogen) atoms. The molecule has 0 rings (SSSR count). The maximum Gasteiger partial charge on any atom is 0.0414 e. The standard InChI is InChI=1S/C12H20O4/c13-11(14)9-7-5-3-1-2-4-6-8-10-12(15)16/h1-2H,3-10H2,(H,13,14)(H,15,16)/p-2/b2-1+. The minimum Gasteiger partial charge on any atom is -0.550 e. The predicted molar refractivity (Wildman–Crippen MR) is 56.1 cm³/mol. The Bertz CT molecular complexity index is 209. The number of carboxylic acids is 2. The van der Waals surface area contributed by atoms with Crippen molar-refractivity contribution in [2.24, 2.45) is 0 Å². The summed E-state index contributed by atoms with van der Waals surface area (Å²) in [5, 5.41) is 20.2. The van der Waals surface area contributed by atoms with Crippen molar-refractivity contribution < 1.29 is 19.8 Å². The van der Waals surface area contributed by atoms with E-state index in [1.807, 2.05) is 12.2 Å². The van der Waals surface area contributed by atoms with Crippen LogP contribution in [0.25, 0.3) is 0 Å². The van der Waals surface area contributed by atoms with Gasteiger partial charge in [-0.15, -0.1) is 0 Å². The Morgan fingerprint density at radius 2 is 1.12 bits per heavy atom. The van der Waals surface area contributed by atoms with Crippen molar-refractivity contribution in [2.75, 3.05) is 0 Å². The van der Waals surface area contributed by atoms with Crippen LogP contribution in [0.2, 0.25) is 0 Å². The average Bonchev–Trinajstić information content (AvgIpc) is 2.20. The number of carbonyl (C=O) groups excluding carboxylic acids is 2. The summed E-state index contributed by atoms with van der Waals surface area (Å²) in [4.78, 5) is 20.2. The first-order valence-corrected chi connectivity index (χ1v) is 5.67. The van der Waals surface area contributed by atoms with Crippen LogP contribution in [0, 0.1) is 0 Å². The molecular weight excluding hydrogens is 208 g/mol. The zero-order valence-corrected chi connectivity index (χ0v) is 9.44. The Morgan fingerprint density at radius 3 is 1.44 bits per heavy atom. The summed E-state index contributed by atoms with van der Waals surface area (Å²) >= 11 is 0. The minimum absolute atomic E-state index is 0.124. The second-order valence-electron chi connectivity index (χ2n) is 3.71. The normalized spacial score (nSPS) is 10.8. The molecule has 0 aromatic rings. The number of aliphatic carboxylic acids is 2. The molecule has 0 radical (unpaired) electrons. The smallest absolute Gasteiger partial charge is 0.0414 e. The van der Waals surface area contributed by atoms with Crippen LogP contribution >= 0.6 is 0 Å². The molecule has 0 heterocycles. The number of unbranched alkanes of at least 4 members (excludes halogenated alkanes) is 4. The van der Waals surface area contributed by atoms with Gasteiger partial charge in [0.25, 0.3) is 0 Å². The summed E-state index contributed by atoms with van der Waals surface area (Å²) in [5.41, 5.74) is 0. The van der Waals surface area contributed by atoms with Gasteiger partial charge >= 0.3 is 0 Å². The fraction of sp³-hybridized carbons (Fsp3) is 0.667. The Hall–Kier alpha value is -1.32. The highest BCUT2D eigenvalue weighted by Gasteiger charge is 1.88. The summed E-state index contributed by atoms with van der Waals surface area (Å²) in [6, 6.07) is 0. The van der Waals surface area contributed by atoms with Gasteiger partial charge < -0.3 is 19.8 Å². The Morgan fingerprint density at radius 1 is 0.750 bits per heavy atom. The zero-order chi connectivity index (χ0) is 12.2. The van der Waals surface area contributed by atoms with Crippen LogP contribution in [0.5, 0.6) is 0 Å². The molecule has 0 amide bonds. The monoisotopic (exact) mass is 226 g/mol. The highest BCUT2D eigenvalue weighted by Crippen LogP contribution is 2.03. The fourth-order valence-electron chi connectivity index (χ4n) is 1.30. The Kier molecular flexibility index (Phi) is 9.36. The van der Waals surface area contributed by atoms with E-state index >= 15 is 0 Å². The van der Waals surface area contributed by atoms with Gasteiger partial charge in [-0.2, -0.15) is 0 Å². The zero-order valence-electron chi connectivity index (χ0n) is 9.44. The molecule has 0 aliphatic carbocycles. The van der Waals surface area contributed by atoms with Crippen molar-refractivity contribution in [3.8, 4) is 0 Å². The van der Waals surface area contributed by atoms with E-state index in [4.69, 9.17) is 0 Å². The molecule has 4 nitrogen and oxygen atoms in total. The van der Waals surface area contributed by atoms with Crippen molar-refractivity contribution in [1.82, 2.24) is 0 Å². The fourth-order valence-corrected chi connectivity index (χ4v) is 1.30. The molecule has 0 aromatic heterocycles. The van der Waals surface area contributed by atoms with Crippen LogP contribution in [-0.2, 0) is 9.59 Å². The van der Waals surface area contributed by atoms with Crippen LogP contribution in [0.1, 0.15) is 51.4 Å². The number of rotatable bonds is 10. The van der Waals surface area contributed by atoms with Crippen LogP contribution in [0.15, 0.2) is 12.2 Å². The van der Waals surface area contributed by atoms with Gasteiger partial charge in [0.1, 0.15) is 0 Å². The summed E-state index contributed by atoms with van der Waals surface area (Å²) in [7, 11) is 0. The van der Waals surface area contributed by atoms with Crippen molar-refractivity contribution in [3.63, 3.8) is 0 Å². The topological polar surface area (TPSA) is 80.3 Å². The SMILES string of the molecule is O=C([O-])CCCC/C=C/CCCCC(=O)[O-]. The molecule has 0 fully saturated rings. The third-order valence-corrected chi connectivity index (χ3v) is 2.17. The van der Waals surface area contributed by atoms with Gasteiger partial charge in [-0.3, -0.25) is 0 Å². The van der Waals surface area contributed by atoms with E-state index in [2.05, 4.69) is 0 Å². The van der Waals surface area contributed by atoms with Gasteiger partial charge in [-0.25, -0.2) is 0 Å². The molecule has 4 heteroatoms. The van der Waals surface area contributed by atoms with E-state index in [0.717, 1.165) is 25.7 Å². The molecule has 0 saturated carbocycles. The molecule has 92 valence electrons. The first kappa shape index (κ1) is 14.7. The van der Waals surface area contributed by atoms with Gasteiger partial charge in [-0.1, -0.05) is 12.2 Å².